The molecule has 10 rings (SSSR count). The molecular weight excluding hydrogens is 847 g/mol. The molecule has 0 unspecified atom stereocenters. The van der Waals surface area contributed by atoms with Crippen LogP contribution in [0.25, 0.3) is 54.9 Å². The van der Waals surface area contributed by atoms with Gasteiger partial charge in [0.25, 0.3) is 0 Å². The molecular formula is C61H42F6. The van der Waals surface area contributed by atoms with Crippen LogP contribution in [0.5, 0.6) is 0 Å². The van der Waals surface area contributed by atoms with E-state index in [1.54, 1.807) is 18.2 Å². The molecule has 0 aliphatic heterocycles. The van der Waals surface area contributed by atoms with Gasteiger partial charge in [0.1, 0.15) is 0 Å². The Bertz CT molecular complexity index is 3260. The van der Waals surface area contributed by atoms with Crippen LogP contribution in [0.1, 0.15) is 56.3 Å². The Labute approximate surface area is 385 Å². The van der Waals surface area contributed by atoms with E-state index in [0.717, 1.165) is 44.8 Å². The summed E-state index contributed by atoms with van der Waals surface area (Å²) in [6.45, 7) is 0. The normalized spacial score (nSPS) is 12.1. The molecule has 0 saturated heterocycles. The molecule has 6 heteroatoms. The second-order valence-electron chi connectivity index (χ2n) is 16.9. The van der Waals surface area contributed by atoms with Crippen LogP contribution in [0.3, 0.4) is 0 Å². The first kappa shape index (κ1) is 43.2. The Morgan fingerprint density at radius 1 is 0.328 bits per heavy atom. The van der Waals surface area contributed by atoms with Crippen molar-refractivity contribution >= 4 is 21.5 Å². The Balaban J connectivity index is 1.48. The van der Waals surface area contributed by atoms with Gasteiger partial charge in [-0.15, -0.1) is 0 Å². The maximum absolute atomic E-state index is 17.4. The highest BCUT2D eigenvalue weighted by Crippen LogP contribution is 2.56. The first-order chi connectivity index (χ1) is 32.5. The van der Waals surface area contributed by atoms with Crippen LogP contribution in [0.2, 0.25) is 0 Å². The molecule has 0 amide bonds. The van der Waals surface area contributed by atoms with Gasteiger partial charge < -0.3 is 0 Å². The van der Waals surface area contributed by atoms with E-state index in [-0.39, 0.29) is 34.2 Å². The first-order valence-electron chi connectivity index (χ1n) is 22.2. The van der Waals surface area contributed by atoms with Crippen molar-refractivity contribution in [1.29, 1.82) is 0 Å². The van der Waals surface area contributed by atoms with Crippen molar-refractivity contribution in [2.24, 2.45) is 0 Å². The minimum atomic E-state index is -4.99. The number of halogens is 6. The van der Waals surface area contributed by atoms with Gasteiger partial charge in [-0.25, -0.2) is 0 Å². The zero-order chi connectivity index (χ0) is 46.1. The highest BCUT2D eigenvalue weighted by molar-refractivity contribution is 6.00. The summed E-state index contributed by atoms with van der Waals surface area (Å²) in [5, 5.41) is 3.21. The predicted octanol–water partition coefficient (Wildman–Crippen LogP) is 17.6. The quantitative estimate of drug-likeness (QED) is 0.0948. The summed E-state index contributed by atoms with van der Waals surface area (Å²) in [6.07, 6.45) is -9.73. The maximum Gasteiger partial charge on any atom is 0.417 e. The van der Waals surface area contributed by atoms with E-state index in [2.05, 4.69) is 0 Å². The van der Waals surface area contributed by atoms with Crippen LogP contribution >= 0.6 is 0 Å². The third-order valence-corrected chi connectivity index (χ3v) is 12.8. The van der Waals surface area contributed by atoms with Gasteiger partial charge in [-0.3, -0.25) is 0 Å². The largest absolute Gasteiger partial charge is 0.417 e. The van der Waals surface area contributed by atoms with Crippen LogP contribution in [-0.2, 0) is 18.8 Å². The number of benzene rings is 10. The fourth-order valence-electron chi connectivity index (χ4n) is 9.91. The lowest BCUT2D eigenvalue weighted by molar-refractivity contribution is -0.138. The van der Waals surface area contributed by atoms with E-state index in [4.69, 9.17) is 0 Å². The molecule has 0 bridgehead atoms. The van der Waals surface area contributed by atoms with Gasteiger partial charge >= 0.3 is 12.4 Å². The van der Waals surface area contributed by atoms with Crippen molar-refractivity contribution in [3.63, 3.8) is 0 Å². The standard InChI is InChI=1S/C61H42F6/c62-60(63,64)51-31-17-30-48(38-51)55-53(39-52(42-20-5-1-6-21-42)43-22-7-2-8-23-43)56(49-34-32-40-18-13-15-28-46(40)36-49)59(61(65,66)67)58(57(55)50-35-33-41-19-14-16-29-47(41)37-50)54(44-24-9-3-10-25-44)45-26-11-4-12-27-45/h1-38,52,54H,39H2. The number of fused-ring (bicyclic) bond motifs is 2. The summed E-state index contributed by atoms with van der Waals surface area (Å²) < 4.78 is 97.4. The van der Waals surface area contributed by atoms with E-state index in [0.29, 0.717) is 27.8 Å². The average Bonchev–Trinajstić information content (AvgIpc) is 3.36. The van der Waals surface area contributed by atoms with Crippen LogP contribution in [-0.4, -0.2) is 0 Å². The molecule has 328 valence electrons. The lowest BCUT2D eigenvalue weighted by Crippen LogP contribution is -2.21. The third-order valence-electron chi connectivity index (χ3n) is 12.8. The molecule has 0 spiro atoms. The Morgan fingerprint density at radius 2 is 0.746 bits per heavy atom. The van der Waals surface area contributed by atoms with Crippen LogP contribution in [0.4, 0.5) is 26.3 Å². The van der Waals surface area contributed by atoms with E-state index in [1.165, 1.54) is 6.07 Å². The SMILES string of the molecule is FC(F)(F)c1cccc(-c2c(CC(c3ccccc3)c3ccccc3)c(-c3ccc4ccccc4c3)c(C(F)(F)F)c(C(c3ccccc3)c3ccccc3)c2-c2ccc3ccccc3c2)c1. The van der Waals surface area contributed by atoms with Gasteiger partial charge in [0, 0.05) is 11.8 Å². The lowest BCUT2D eigenvalue weighted by Gasteiger charge is -2.34. The topological polar surface area (TPSA) is 0 Å². The molecule has 0 aliphatic rings. The Hall–Kier alpha value is -7.70. The molecule has 0 atom stereocenters. The molecule has 0 radical (unpaired) electrons. The van der Waals surface area contributed by atoms with Crippen molar-refractivity contribution < 1.29 is 26.3 Å². The zero-order valence-corrected chi connectivity index (χ0v) is 36.1. The minimum absolute atomic E-state index is 0.00699. The average molecular weight is 889 g/mol. The highest BCUT2D eigenvalue weighted by atomic mass is 19.4. The first-order valence-corrected chi connectivity index (χ1v) is 22.2. The number of hydrogen-bond donors (Lipinski definition) is 0. The second kappa shape index (κ2) is 17.9. The summed E-state index contributed by atoms with van der Waals surface area (Å²) >= 11 is 0. The summed E-state index contributed by atoms with van der Waals surface area (Å²) in [5.74, 6) is -1.54. The van der Waals surface area contributed by atoms with Crippen molar-refractivity contribution in [2.45, 2.75) is 30.6 Å². The number of alkyl halides is 6. The summed E-state index contributed by atoms with van der Waals surface area (Å²) in [5.41, 5.74) is 2.76. The number of rotatable bonds is 10. The van der Waals surface area contributed by atoms with Gasteiger partial charge in [0.2, 0.25) is 0 Å². The van der Waals surface area contributed by atoms with Crippen LogP contribution in [0.15, 0.2) is 231 Å². The number of hydrogen-bond acceptors (Lipinski definition) is 0. The minimum Gasteiger partial charge on any atom is -0.166 e. The molecule has 0 saturated carbocycles. The summed E-state index contributed by atoms with van der Waals surface area (Å²) in [6, 6.07) is 68.6. The molecule has 10 aromatic carbocycles. The molecule has 67 heavy (non-hydrogen) atoms. The molecule has 0 N–H and O–H groups in total. The van der Waals surface area contributed by atoms with Crippen molar-refractivity contribution in [2.75, 3.05) is 0 Å². The van der Waals surface area contributed by atoms with Gasteiger partial charge in [-0.2, -0.15) is 26.3 Å². The highest BCUT2D eigenvalue weighted by Gasteiger charge is 2.44. The Morgan fingerprint density at radius 3 is 1.21 bits per heavy atom. The van der Waals surface area contributed by atoms with Crippen molar-refractivity contribution in [1.82, 2.24) is 0 Å². The predicted molar refractivity (Wildman–Crippen MR) is 260 cm³/mol. The third kappa shape index (κ3) is 8.63. The fraction of sp³-hybridized carbons (Fsp3) is 0.0820. The molecule has 0 aliphatic carbocycles. The van der Waals surface area contributed by atoms with Gasteiger partial charge in [0.15, 0.2) is 0 Å². The monoisotopic (exact) mass is 888 g/mol. The lowest BCUT2D eigenvalue weighted by atomic mass is 9.70. The van der Waals surface area contributed by atoms with Gasteiger partial charge in [0.05, 0.1) is 11.1 Å². The van der Waals surface area contributed by atoms with Crippen molar-refractivity contribution in [3.05, 3.63) is 275 Å². The molecule has 0 fully saturated rings. The van der Waals surface area contributed by atoms with E-state index >= 15 is 26.3 Å². The summed E-state index contributed by atoms with van der Waals surface area (Å²) in [7, 11) is 0. The smallest absolute Gasteiger partial charge is 0.166 e. The Kier molecular flexibility index (Phi) is 11.6. The fourth-order valence-corrected chi connectivity index (χ4v) is 9.91. The van der Waals surface area contributed by atoms with E-state index < -0.39 is 35.3 Å². The molecule has 10 aromatic rings. The summed E-state index contributed by atoms with van der Waals surface area (Å²) in [4.78, 5) is 0. The van der Waals surface area contributed by atoms with E-state index in [1.807, 2.05) is 194 Å². The molecule has 0 heterocycles. The van der Waals surface area contributed by atoms with Crippen LogP contribution < -0.4 is 0 Å². The van der Waals surface area contributed by atoms with E-state index in [9.17, 15) is 0 Å². The van der Waals surface area contributed by atoms with Crippen molar-refractivity contribution in [3.8, 4) is 33.4 Å². The van der Waals surface area contributed by atoms with Gasteiger partial charge in [-0.1, -0.05) is 206 Å². The maximum atomic E-state index is 17.4. The zero-order valence-electron chi connectivity index (χ0n) is 36.1. The molecule has 0 aromatic heterocycles. The van der Waals surface area contributed by atoms with Crippen LogP contribution in [0, 0.1) is 0 Å². The van der Waals surface area contributed by atoms with Gasteiger partial charge in [-0.05, 0) is 119 Å². The second-order valence-corrected chi connectivity index (χ2v) is 16.9. The molecule has 0 nitrogen and oxygen atoms in total.